The first-order chi connectivity index (χ1) is 19.7. The van der Waals surface area contributed by atoms with Gasteiger partial charge in [-0.25, -0.2) is 0 Å². The summed E-state index contributed by atoms with van der Waals surface area (Å²) in [5.74, 6) is 0.315. The normalized spacial score (nSPS) is 14.2. The first-order valence-electron chi connectivity index (χ1n) is 12.4. The van der Waals surface area contributed by atoms with E-state index in [-0.39, 0.29) is 32.8 Å². The molecule has 41 heavy (non-hydrogen) atoms. The molecule has 5 rings (SSSR count). The van der Waals surface area contributed by atoms with Gasteiger partial charge < -0.3 is 19.1 Å². The Morgan fingerprint density at radius 1 is 0.780 bits per heavy atom. The van der Waals surface area contributed by atoms with Gasteiger partial charge in [0.2, 0.25) is 11.9 Å². The highest BCUT2D eigenvalue weighted by molar-refractivity contribution is 7.87. The van der Waals surface area contributed by atoms with Crippen LogP contribution >= 0.6 is 0 Å². The number of anilines is 3. The van der Waals surface area contributed by atoms with Crippen molar-refractivity contribution in [1.82, 2.24) is 15.0 Å². The molecule has 212 valence electrons. The molecule has 0 amide bonds. The van der Waals surface area contributed by atoms with Gasteiger partial charge in [-0.3, -0.25) is 4.55 Å². The molecule has 1 aliphatic rings. The largest absolute Gasteiger partial charge is 0.378 e. The first-order valence-corrected chi connectivity index (χ1v) is 15.2. The monoisotopic (exact) mass is 595 g/mol. The molecule has 0 unspecified atom stereocenters. The fourth-order valence-electron chi connectivity index (χ4n) is 4.02. The van der Waals surface area contributed by atoms with Crippen molar-refractivity contribution >= 4 is 50.0 Å². The number of nitrogens with one attached hydrogen (secondary N) is 1. The zero-order valence-electron chi connectivity index (χ0n) is 21.5. The maximum absolute atomic E-state index is 13.5. The zero-order valence-corrected chi connectivity index (χ0v) is 23.1. The van der Waals surface area contributed by atoms with Gasteiger partial charge in [-0.05, 0) is 35.4 Å². The number of morpholine rings is 1. The van der Waals surface area contributed by atoms with Crippen molar-refractivity contribution in [3.8, 4) is 6.01 Å². The molecule has 1 aliphatic heterocycles. The zero-order chi connectivity index (χ0) is 28.9. The molecular formula is C27H25N5O7S2. The van der Waals surface area contributed by atoms with Crippen LogP contribution in [0.2, 0.25) is 0 Å². The van der Waals surface area contributed by atoms with Gasteiger partial charge in [0.05, 0.1) is 13.2 Å². The molecule has 2 N–H and O–H groups in total. The Bertz CT molecular complexity index is 1780. The molecule has 0 aliphatic carbocycles. The fourth-order valence-corrected chi connectivity index (χ4v) is 5.73. The summed E-state index contributed by atoms with van der Waals surface area (Å²) in [7, 11) is -8.96. The van der Waals surface area contributed by atoms with Crippen molar-refractivity contribution in [1.29, 1.82) is 0 Å². The predicted octanol–water partition coefficient (Wildman–Crippen LogP) is 3.64. The molecule has 1 aromatic heterocycles. The van der Waals surface area contributed by atoms with E-state index in [1.165, 1.54) is 48.6 Å². The molecule has 1 fully saturated rings. The van der Waals surface area contributed by atoms with Crippen molar-refractivity contribution < 1.29 is 30.3 Å². The summed E-state index contributed by atoms with van der Waals surface area (Å²) in [6.07, 6.45) is 2.80. The van der Waals surface area contributed by atoms with Crippen molar-refractivity contribution in [2.24, 2.45) is 0 Å². The SMILES string of the molecule is O=S(=O)(O)c1ccccc1C=Cc1ccccc1S(=O)(=O)Oc1nc(Nc2ccccc2)nc(N2CCOCC2)n1. The lowest BCUT2D eigenvalue weighted by Gasteiger charge is -2.27. The molecule has 14 heteroatoms. The summed E-state index contributed by atoms with van der Waals surface area (Å²) in [4.78, 5) is 14.2. The van der Waals surface area contributed by atoms with Crippen LogP contribution in [0.3, 0.4) is 0 Å². The molecule has 1 saturated heterocycles. The number of para-hydroxylation sites is 1. The van der Waals surface area contributed by atoms with Crippen molar-refractivity contribution in [2.45, 2.75) is 9.79 Å². The molecule has 12 nitrogen and oxygen atoms in total. The number of nitrogens with zero attached hydrogens (tertiary/aromatic N) is 4. The quantitative estimate of drug-likeness (QED) is 0.164. The Morgan fingerprint density at radius 2 is 1.37 bits per heavy atom. The van der Waals surface area contributed by atoms with Crippen molar-refractivity contribution in [3.05, 3.63) is 90.0 Å². The lowest BCUT2D eigenvalue weighted by atomic mass is 10.1. The summed E-state index contributed by atoms with van der Waals surface area (Å²) in [6, 6.07) is 20.5. The van der Waals surface area contributed by atoms with Crippen molar-refractivity contribution in [3.63, 3.8) is 0 Å². The maximum Gasteiger partial charge on any atom is 0.342 e. The van der Waals surface area contributed by atoms with Gasteiger partial charge in [0.1, 0.15) is 9.79 Å². The Kier molecular flexibility index (Phi) is 8.26. The summed E-state index contributed by atoms with van der Waals surface area (Å²) < 4.78 is 70.8. The molecular weight excluding hydrogens is 570 g/mol. The van der Waals surface area contributed by atoms with Crippen LogP contribution in [0.1, 0.15) is 11.1 Å². The molecule has 0 atom stereocenters. The number of rotatable bonds is 9. The third kappa shape index (κ3) is 7.05. The number of aromatic nitrogens is 3. The summed E-state index contributed by atoms with van der Waals surface area (Å²) in [5.41, 5.74) is 1.07. The van der Waals surface area contributed by atoms with Gasteiger partial charge in [0.25, 0.3) is 10.1 Å². The van der Waals surface area contributed by atoms with Crippen LogP contribution in [0, 0.1) is 0 Å². The van der Waals surface area contributed by atoms with E-state index < -0.39 is 26.2 Å². The second-order valence-electron chi connectivity index (χ2n) is 8.75. The van der Waals surface area contributed by atoms with E-state index in [0.29, 0.717) is 32.0 Å². The lowest BCUT2D eigenvalue weighted by Crippen LogP contribution is -2.37. The second-order valence-corrected chi connectivity index (χ2v) is 11.7. The van der Waals surface area contributed by atoms with E-state index in [1.807, 2.05) is 23.1 Å². The Morgan fingerprint density at radius 3 is 2.02 bits per heavy atom. The summed E-state index contributed by atoms with van der Waals surface area (Å²) >= 11 is 0. The number of ether oxygens (including phenoxy) is 1. The van der Waals surface area contributed by atoms with Crippen LogP contribution in [0.4, 0.5) is 17.6 Å². The minimum atomic E-state index is -4.49. The second kappa shape index (κ2) is 12.0. The van der Waals surface area contributed by atoms with Crippen LogP contribution in [-0.2, 0) is 25.0 Å². The Labute approximate surface area is 237 Å². The maximum atomic E-state index is 13.5. The van der Waals surface area contributed by atoms with Crippen LogP contribution < -0.4 is 14.4 Å². The third-order valence-corrected chi connectivity index (χ3v) is 8.15. The number of hydrogen-bond acceptors (Lipinski definition) is 11. The molecule has 0 spiro atoms. The van der Waals surface area contributed by atoms with Crippen molar-refractivity contribution in [2.75, 3.05) is 36.5 Å². The standard InChI is InChI=1S/C27H25N5O7S2/c33-40(34,35)23-12-6-4-8-20(23)14-15-21-9-5-7-13-24(21)41(36,37)39-27-30-25(28-22-10-2-1-3-11-22)29-26(31-27)32-16-18-38-19-17-32/h1-15H,16-19H2,(H,33,34,35)(H,28,29,30,31). The molecule has 0 saturated carbocycles. The van der Waals surface area contributed by atoms with Gasteiger partial charge in [-0.2, -0.15) is 31.8 Å². The average Bonchev–Trinajstić information content (AvgIpc) is 2.96. The van der Waals surface area contributed by atoms with E-state index in [2.05, 4.69) is 20.3 Å². The van der Waals surface area contributed by atoms with Crippen LogP contribution in [0.5, 0.6) is 6.01 Å². The molecule has 2 heterocycles. The highest BCUT2D eigenvalue weighted by Gasteiger charge is 2.24. The van der Waals surface area contributed by atoms with Gasteiger partial charge in [0.15, 0.2) is 0 Å². The molecule has 3 aromatic carbocycles. The predicted molar refractivity (Wildman–Crippen MR) is 152 cm³/mol. The Balaban J connectivity index is 1.48. The molecule has 0 bridgehead atoms. The lowest BCUT2D eigenvalue weighted by molar-refractivity contribution is 0.122. The third-order valence-electron chi connectivity index (χ3n) is 5.94. The first kappa shape index (κ1) is 28.2. The van der Waals surface area contributed by atoms with Gasteiger partial charge in [0, 0.05) is 18.8 Å². The van der Waals surface area contributed by atoms with Gasteiger partial charge >= 0.3 is 16.1 Å². The average molecular weight is 596 g/mol. The van der Waals surface area contributed by atoms with Gasteiger partial charge in [-0.15, -0.1) is 0 Å². The van der Waals surface area contributed by atoms with E-state index in [4.69, 9.17) is 8.92 Å². The van der Waals surface area contributed by atoms with E-state index in [9.17, 15) is 21.4 Å². The summed E-state index contributed by atoms with van der Waals surface area (Å²) in [5, 5.41) is 3.04. The molecule has 0 radical (unpaired) electrons. The summed E-state index contributed by atoms with van der Waals surface area (Å²) in [6.45, 7) is 1.92. The number of benzene rings is 3. The van der Waals surface area contributed by atoms with E-state index in [1.54, 1.807) is 24.3 Å². The smallest absolute Gasteiger partial charge is 0.342 e. The highest BCUT2D eigenvalue weighted by Crippen LogP contribution is 2.25. The highest BCUT2D eigenvalue weighted by atomic mass is 32.2. The fraction of sp³-hybridized carbons (Fsp3) is 0.148. The topological polar surface area (TPSA) is 161 Å². The number of hydrogen-bond donors (Lipinski definition) is 2. The minimum Gasteiger partial charge on any atom is -0.378 e. The van der Waals surface area contributed by atoms with Crippen LogP contribution in [0.15, 0.2) is 88.7 Å². The van der Waals surface area contributed by atoms with Crippen LogP contribution in [-0.4, -0.2) is 62.6 Å². The van der Waals surface area contributed by atoms with E-state index in [0.717, 1.165) is 0 Å². The van der Waals surface area contributed by atoms with Gasteiger partial charge in [-0.1, -0.05) is 66.7 Å². The Hall–Kier alpha value is -4.37. The molecule has 4 aromatic rings. The van der Waals surface area contributed by atoms with E-state index >= 15 is 0 Å². The minimum absolute atomic E-state index is 0.0906. The van der Waals surface area contributed by atoms with Crippen LogP contribution in [0.25, 0.3) is 12.2 Å².